The maximum absolute atomic E-state index is 11.9. The highest BCUT2D eigenvalue weighted by Gasteiger charge is 2.15. The van der Waals surface area contributed by atoms with Crippen molar-refractivity contribution in [1.82, 2.24) is 9.97 Å². The molecule has 2 aromatic heterocycles. The molecule has 0 radical (unpaired) electrons. The third kappa shape index (κ3) is 2.25. The molecule has 0 aliphatic carbocycles. The molecule has 0 aromatic carbocycles. The summed E-state index contributed by atoms with van der Waals surface area (Å²) >= 11 is 1.57. The van der Waals surface area contributed by atoms with Crippen LogP contribution in [0.1, 0.15) is 16.1 Å². The predicted molar refractivity (Wildman–Crippen MR) is 60.9 cm³/mol. The van der Waals surface area contributed by atoms with E-state index in [2.05, 4.69) is 9.97 Å². The van der Waals surface area contributed by atoms with E-state index in [0.29, 0.717) is 6.42 Å². The fourth-order valence-corrected chi connectivity index (χ4v) is 2.00. The minimum absolute atomic E-state index is 0.0802. The Morgan fingerprint density at radius 1 is 1.44 bits per heavy atom. The van der Waals surface area contributed by atoms with Crippen LogP contribution in [0.15, 0.2) is 29.2 Å². The molecule has 0 saturated carbocycles. The lowest BCUT2D eigenvalue weighted by Gasteiger charge is -2.03. The molecule has 0 N–H and O–H groups in total. The van der Waals surface area contributed by atoms with Gasteiger partial charge in [-0.05, 0) is 22.4 Å². The van der Waals surface area contributed by atoms with Gasteiger partial charge in [-0.15, -0.1) is 0 Å². The van der Waals surface area contributed by atoms with Crippen LogP contribution < -0.4 is 4.74 Å². The third-order valence-corrected chi connectivity index (χ3v) is 2.80. The normalized spacial score (nSPS) is 10.1. The number of carbonyl (C=O) groups is 1. The average molecular weight is 234 g/mol. The zero-order valence-electron chi connectivity index (χ0n) is 8.71. The molecule has 0 saturated heterocycles. The Morgan fingerprint density at radius 2 is 2.25 bits per heavy atom. The molecule has 16 heavy (non-hydrogen) atoms. The first-order chi connectivity index (χ1) is 7.81. The summed E-state index contributed by atoms with van der Waals surface area (Å²) in [6.45, 7) is 0. The van der Waals surface area contributed by atoms with Crippen molar-refractivity contribution in [1.29, 1.82) is 0 Å². The molecule has 2 aromatic rings. The topological polar surface area (TPSA) is 52.1 Å². The maximum atomic E-state index is 11.9. The Morgan fingerprint density at radius 3 is 2.94 bits per heavy atom. The van der Waals surface area contributed by atoms with Crippen molar-refractivity contribution in [2.45, 2.75) is 6.42 Å². The van der Waals surface area contributed by atoms with Gasteiger partial charge < -0.3 is 4.74 Å². The van der Waals surface area contributed by atoms with Gasteiger partial charge in [-0.1, -0.05) is 0 Å². The predicted octanol–water partition coefficient (Wildman–Crippen LogP) is 1.97. The van der Waals surface area contributed by atoms with E-state index in [1.165, 1.54) is 19.5 Å². The number of aromatic nitrogens is 2. The highest BCUT2D eigenvalue weighted by atomic mass is 32.1. The summed E-state index contributed by atoms with van der Waals surface area (Å²) in [5.41, 5.74) is 1.28. The van der Waals surface area contributed by atoms with Gasteiger partial charge in [0.1, 0.15) is 0 Å². The highest BCUT2D eigenvalue weighted by molar-refractivity contribution is 7.08. The number of ether oxygens (including phenoxy) is 1. The fourth-order valence-electron chi connectivity index (χ4n) is 1.33. The largest absolute Gasteiger partial charge is 0.479 e. The molecule has 0 amide bonds. The van der Waals surface area contributed by atoms with Crippen LogP contribution in [-0.2, 0) is 6.42 Å². The Bertz CT molecular complexity index is 482. The summed E-state index contributed by atoms with van der Waals surface area (Å²) in [6.07, 6.45) is 3.32. The standard InChI is InChI=1S/C11H10N2O2S/c1-15-11-10(12-3-4-13-11)9(14)6-8-2-5-16-7-8/h2-5,7H,6H2,1H3. The average Bonchev–Trinajstić information content (AvgIpc) is 2.81. The van der Waals surface area contributed by atoms with Crippen LogP contribution in [0.25, 0.3) is 0 Å². The van der Waals surface area contributed by atoms with Gasteiger partial charge in [0.25, 0.3) is 0 Å². The van der Waals surface area contributed by atoms with Crippen LogP contribution >= 0.6 is 11.3 Å². The molecular weight excluding hydrogens is 224 g/mol. The van der Waals surface area contributed by atoms with Gasteiger partial charge in [0.15, 0.2) is 11.5 Å². The zero-order valence-corrected chi connectivity index (χ0v) is 9.53. The molecule has 0 aliphatic heterocycles. The molecule has 0 unspecified atom stereocenters. The molecule has 82 valence electrons. The van der Waals surface area contributed by atoms with Crippen LogP contribution in [0.4, 0.5) is 0 Å². The van der Waals surface area contributed by atoms with E-state index >= 15 is 0 Å². The molecule has 0 atom stereocenters. The monoisotopic (exact) mass is 234 g/mol. The van der Waals surface area contributed by atoms with Gasteiger partial charge in [0.2, 0.25) is 5.88 Å². The van der Waals surface area contributed by atoms with Gasteiger partial charge in [-0.3, -0.25) is 4.79 Å². The Hall–Kier alpha value is -1.75. The van der Waals surface area contributed by atoms with Crippen molar-refractivity contribution < 1.29 is 9.53 Å². The number of nitrogens with zero attached hydrogens (tertiary/aromatic N) is 2. The van der Waals surface area contributed by atoms with E-state index in [1.54, 1.807) is 11.3 Å². The summed E-state index contributed by atoms with van der Waals surface area (Å²) < 4.78 is 4.99. The van der Waals surface area contributed by atoms with Crippen LogP contribution in [0, 0.1) is 0 Å². The van der Waals surface area contributed by atoms with Crippen molar-refractivity contribution in [3.63, 3.8) is 0 Å². The number of Topliss-reactive ketones (excluding diaryl/α,β-unsaturated/α-hetero) is 1. The second kappa shape index (κ2) is 4.85. The molecule has 0 bridgehead atoms. The molecule has 5 heteroatoms. The molecule has 0 aliphatic rings. The summed E-state index contributed by atoms with van der Waals surface area (Å²) in [4.78, 5) is 19.9. The van der Waals surface area contributed by atoms with Crippen molar-refractivity contribution in [2.24, 2.45) is 0 Å². The van der Waals surface area contributed by atoms with Crippen molar-refractivity contribution in [3.8, 4) is 5.88 Å². The number of methoxy groups -OCH3 is 1. The molecule has 0 spiro atoms. The fraction of sp³-hybridized carbons (Fsp3) is 0.182. The first-order valence-corrected chi connectivity index (χ1v) is 5.65. The van der Waals surface area contributed by atoms with Crippen LogP contribution in [0.3, 0.4) is 0 Å². The molecule has 0 fully saturated rings. The Labute approximate surface area is 96.9 Å². The smallest absolute Gasteiger partial charge is 0.243 e. The number of carbonyl (C=O) groups excluding carboxylic acids is 1. The highest BCUT2D eigenvalue weighted by Crippen LogP contribution is 2.15. The Balaban J connectivity index is 2.21. The first kappa shape index (κ1) is 10.8. The van der Waals surface area contributed by atoms with Gasteiger partial charge >= 0.3 is 0 Å². The summed E-state index contributed by atoms with van der Waals surface area (Å²) in [7, 11) is 1.48. The quantitative estimate of drug-likeness (QED) is 0.759. The van der Waals surface area contributed by atoms with Gasteiger partial charge in [0, 0.05) is 18.8 Å². The molecule has 2 heterocycles. The summed E-state index contributed by atoms with van der Waals surface area (Å²) in [6, 6.07) is 1.92. The van der Waals surface area contributed by atoms with Crippen LogP contribution in [0.5, 0.6) is 5.88 Å². The molecule has 2 rings (SSSR count). The van der Waals surface area contributed by atoms with E-state index in [1.807, 2.05) is 16.8 Å². The van der Waals surface area contributed by atoms with E-state index in [0.717, 1.165) is 5.56 Å². The maximum Gasteiger partial charge on any atom is 0.243 e. The summed E-state index contributed by atoms with van der Waals surface area (Å²) in [5.74, 6) is 0.200. The SMILES string of the molecule is COc1nccnc1C(=O)Cc1ccsc1. The van der Waals surface area contributed by atoms with Gasteiger partial charge in [-0.2, -0.15) is 11.3 Å². The number of hydrogen-bond acceptors (Lipinski definition) is 5. The van der Waals surface area contributed by atoms with E-state index < -0.39 is 0 Å². The van der Waals surface area contributed by atoms with Crippen molar-refractivity contribution >= 4 is 17.1 Å². The zero-order chi connectivity index (χ0) is 11.4. The van der Waals surface area contributed by atoms with E-state index in [4.69, 9.17) is 4.74 Å². The lowest BCUT2D eigenvalue weighted by atomic mass is 10.1. The van der Waals surface area contributed by atoms with Crippen LogP contribution in [0.2, 0.25) is 0 Å². The minimum atomic E-state index is -0.0802. The number of rotatable bonds is 4. The molecular formula is C11H10N2O2S. The van der Waals surface area contributed by atoms with Crippen LogP contribution in [-0.4, -0.2) is 22.9 Å². The number of hydrogen-bond donors (Lipinski definition) is 0. The van der Waals surface area contributed by atoms with Crippen molar-refractivity contribution in [2.75, 3.05) is 7.11 Å². The molecule has 4 nitrogen and oxygen atoms in total. The minimum Gasteiger partial charge on any atom is -0.479 e. The second-order valence-corrected chi connectivity index (χ2v) is 3.93. The van der Waals surface area contributed by atoms with Gasteiger partial charge in [-0.25, -0.2) is 9.97 Å². The van der Waals surface area contributed by atoms with Gasteiger partial charge in [0.05, 0.1) is 7.11 Å². The summed E-state index contributed by atoms with van der Waals surface area (Å²) in [5, 5.41) is 3.89. The lowest BCUT2D eigenvalue weighted by molar-refractivity contribution is 0.0984. The van der Waals surface area contributed by atoms with Crippen molar-refractivity contribution in [3.05, 3.63) is 40.5 Å². The lowest BCUT2D eigenvalue weighted by Crippen LogP contribution is -2.08. The number of ketones is 1. The first-order valence-electron chi connectivity index (χ1n) is 4.70. The number of thiophene rings is 1. The third-order valence-electron chi connectivity index (χ3n) is 2.07. The Kier molecular flexibility index (Phi) is 3.26. The van der Waals surface area contributed by atoms with E-state index in [-0.39, 0.29) is 17.4 Å². The van der Waals surface area contributed by atoms with E-state index in [9.17, 15) is 4.79 Å². The second-order valence-electron chi connectivity index (χ2n) is 3.15.